The van der Waals surface area contributed by atoms with Gasteiger partial charge >= 0.3 is 0 Å². The molecule has 29 heavy (non-hydrogen) atoms. The van der Waals surface area contributed by atoms with Crippen molar-refractivity contribution in [2.75, 3.05) is 20.2 Å². The highest BCUT2D eigenvalue weighted by Crippen LogP contribution is 2.36. The average molecular weight is 407 g/mol. The van der Waals surface area contributed by atoms with E-state index < -0.39 is 0 Å². The molecule has 0 N–H and O–H groups in total. The molecule has 1 aromatic carbocycles. The minimum Gasteiger partial charge on any atom is -0.497 e. The lowest BCUT2D eigenvalue weighted by Gasteiger charge is -2.43. The number of carbonyl (C=O) groups excluding carboxylic acids is 1. The molecule has 0 aliphatic carbocycles. The Morgan fingerprint density at radius 2 is 1.90 bits per heavy atom. The highest BCUT2D eigenvalue weighted by Gasteiger charge is 2.37. The van der Waals surface area contributed by atoms with Gasteiger partial charge in [0.1, 0.15) is 5.75 Å². The van der Waals surface area contributed by atoms with Crippen molar-refractivity contribution in [1.82, 2.24) is 9.47 Å². The number of nitrogens with zero attached hydrogens (tertiary/aromatic N) is 2. The number of amides is 1. The zero-order valence-electron chi connectivity index (χ0n) is 16.2. The zero-order chi connectivity index (χ0) is 20.0. The maximum absolute atomic E-state index is 13.1. The summed E-state index contributed by atoms with van der Waals surface area (Å²) in [5.41, 5.74) is 2.60. The van der Waals surface area contributed by atoms with Crippen LogP contribution in [0.3, 0.4) is 0 Å². The van der Waals surface area contributed by atoms with Crippen LogP contribution >= 0.6 is 11.3 Å². The van der Waals surface area contributed by atoms with Gasteiger partial charge in [-0.05, 0) is 60.2 Å². The smallest absolute Gasteiger partial charge is 0.259 e. The number of carbonyl (C=O) groups is 1. The molecule has 0 saturated carbocycles. The summed E-state index contributed by atoms with van der Waals surface area (Å²) in [5, 5.41) is 2.00. The van der Waals surface area contributed by atoms with E-state index in [1.165, 1.54) is 0 Å². The highest BCUT2D eigenvalue weighted by molar-refractivity contribution is 7.13. The fraction of sp³-hybridized carbons (Fsp3) is 0.304. The van der Waals surface area contributed by atoms with Gasteiger partial charge in [-0.25, -0.2) is 0 Å². The molecule has 0 spiro atoms. The van der Waals surface area contributed by atoms with Crippen LogP contribution in [0.2, 0.25) is 0 Å². The van der Waals surface area contributed by atoms with E-state index in [0.717, 1.165) is 28.3 Å². The van der Waals surface area contributed by atoms with E-state index in [9.17, 15) is 9.59 Å². The number of methoxy groups -OCH3 is 1. The SMILES string of the molecule is COc1ccc(C(=O)N2C[C@H]3C[C@H](C2)c2ccc(-c4cccs4)c(=O)n2C3)cc1. The van der Waals surface area contributed by atoms with Crippen LogP contribution in [0.1, 0.15) is 28.4 Å². The van der Waals surface area contributed by atoms with Crippen molar-refractivity contribution >= 4 is 17.2 Å². The minimum atomic E-state index is 0.0494. The average Bonchev–Trinajstić information content (AvgIpc) is 3.28. The maximum atomic E-state index is 13.1. The summed E-state index contributed by atoms with van der Waals surface area (Å²) in [6, 6.07) is 15.3. The van der Waals surface area contributed by atoms with Crippen LogP contribution in [0.25, 0.3) is 10.4 Å². The van der Waals surface area contributed by atoms with Crippen LogP contribution in [0.4, 0.5) is 0 Å². The monoisotopic (exact) mass is 406 g/mol. The summed E-state index contributed by atoms with van der Waals surface area (Å²) < 4.78 is 7.13. The number of pyridine rings is 1. The quantitative estimate of drug-likeness (QED) is 0.664. The van der Waals surface area contributed by atoms with E-state index in [4.69, 9.17) is 4.74 Å². The van der Waals surface area contributed by atoms with Gasteiger partial charge in [0.05, 0.1) is 12.7 Å². The Labute approximate surface area is 173 Å². The van der Waals surface area contributed by atoms with Crippen LogP contribution < -0.4 is 10.3 Å². The van der Waals surface area contributed by atoms with Gasteiger partial charge in [0.25, 0.3) is 11.5 Å². The summed E-state index contributed by atoms with van der Waals surface area (Å²) in [5.74, 6) is 1.30. The summed E-state index contributed by atoms with van der Waals surface area (Å²) in [4.78, 5) is 29.1. The van der Waals surface area contributed by atoms with E-state index in [-0.39, 0.29) is 17.4 Å². The molecular weight excluding hydrogens is 384 g/mol. The number of ether oxygens (including phenoxy) is 1. The predicted molar refractivity (Wildman–Crippen MR) is 114 cm³/mol. The van der Waals surface area contributed by atoms with E-state index >= 15 is 0 Å². The number of likely N-dealkylation sites (tertiary alicyclic amines) is 1. The number of rotatable bonds is 3. The van der Waals surface area contributed by atoms with Crippen LogP contribution in [-0.4, -0.2) is 35.6 Å². The van der Waals surface area contributed by atoms with Crippen LogP contribution in [0.15, 0.2) is 58.7 Å². The molecule has 5 nitrogen and oxygen atoms in total. The molecule has 2 aliphatic rings. The third-order valence-electron chi connectivity index (χ3n) is 6.02. The van der Waals surface area contributed by atoms with Crippen molar-refractivity contribution in [3.05, 3.63) is 75.5 Å². The van der Waals surface area contributed by atoms with Crippen molar-refractivity contribution < 1.29 is 9.53 Å². The topological polar surface area (TPSA) is 51.5 Å². The second-order valence-corrected chi connectivity index (χ2v) is 8.75. The third-order valence-corrected chi connectivity index (χ3v) is 6.92. The van der Waals surface area contributed by atoms with Crippen molar-refractivity contribution in [3.63, 3.8) is 0 Å². The van der Waals surface area contributed by atoms with Crippen molar-refractivity contribution in [3.8, 4) is 16.2 Å². The molecule has 1 saturated heterocycles. The Balaban J connectivity index is 1.43. The lowest BCUT2D eigenvalue weighted by Crippen LogP contribution is -2.49. The van der Waals surface area contributed by atoms with Gasteiger partial charge in [-0.3, -0.25) is 9.59 Å². The molecule has 4 heterocycles. The molecule has 0 unspecified atom stereocenters. The first kappa shape index (κ1) is 18.2. The number of hydrogen-bond donors (Lipinski definition) is 0. The van der Waals surface area contributed by atoms with Crippen LogP contribution in [-0.2, 0) is 6.54 Å². The molecule has 3 aromatic rings. The van der Waals surface area contributed by atoms with Crippen molar-refractivity contribution in [1.29, 1.82) is 0 Å². The fourth-order valence-electron chi connectivity index (χ4n) is 4.65. The van der Waals surface area contributed by atoms with Crippen molar-refractivity contribution in [2.45, 2.75) is 18.9 Å². The van der Waals surface area contributed by atoms with E-state index in [1.54, 1.807) is 18.4 Å². The Morgan fingerprint density at radius 1 is 1.07 bits per heavy atom. The largest absolute Gasteiger partial charge is 0.497 e. The highest BCUT2D eigenvalue weighted by atomic mass is 32.1. The number of aromatic nitrogens is 1. The summed E-state index contributed by atoms with van der Waals surface area (Å²) in [7, 11) is 1.62. The minimum absolute atomic E-state index is 0.0494. The number of benzene rings is 1. The summed E-state index contributed by atoms with van der Waals surface area (Å²) >= 11 is 1.59. The first-order chi connectivity index (χ1) is 14.1. The number of fused-ring (bicyclic) bond motifs is 4. The first-order valence-corrected chi connectivity index (χ1v) is 10.7. The molecule has 1 amide bonds. The van der Waals surface area contributed by atoms with Gasteiger partial charge in [-0.2, -0.15) is 0 Å². The molecule has 6 heteroatoms. The molecule has 5 rings (SSSR count). The number of piperidine rings is 1. The molecule has 2 aromatic heterocycles. The fourth-order valence-corrected chi connectivity index (χ4v) is 5.39. The molecular formula is C23H22N2O3S. The predicted octanol–water partition coefficient (Wildman–Crippen LogP) is 3.84. The van der Waals surface area contributed by atoms with Crippen molar-refractivity contribution in [2.24, 2.45) is 5.92 Å². The Hall–Kier alpha value is -2.86. The maximum Gasteiger partial charge on any atom is 0.259 e. The third kappa shape index (κ3) is 3.17. The molecule has 2 aliphatic heterocycles. The number of thiophene rings is 1. The van der Waals surface area contributed by atoms with Gasteiger partial charge in [0, 0.05) is 41.7 Å². The molecule has 2 atom stereocenters. The van der Waals surface area contributed by atoms with Gasteiger partial charge in [0.15, 0.2) is 0 Å². The number of hydrogen-bond acceptors (Lipinski definition) is 4. The Kier molecular flexibility index (Phi) is 4.51. The van der Waals surface area contributed by atoms with E-state index in [1.807, 2.05) is 57.3 Å². The lowest BCUT2D eigenvalue weighted by molar-refractivity contribution is 0.0594. The van der Waals surface area contributed by atoms with E-state index in [0.29, 0.717) is 31.1 Å². The normalized spacial score (nSPS) is 20.2. The summed E-state index contributed by atoms with van der Waals surface area (Å²) in [6.45, 7) is 2.02. The van der Waals surface area contributed by atoms with Gasteiger partial charge in [-0.15, -0.1) is 11.3 Å². The Bertz CT molecular complexity index is 1100. The second kappa shape index (κ2) is 7.19. The standard InChI is InChI=1S/C23H22N2O3S/c1-28-18-6-4-16(5-7-18)22(26)24-12-15-11-17(14-24)20-9-8-19(21-3-2-10-29-21)23(27)25(20)13-15/h2-10,15,17H,11-14H2,1H3/t15-,17-/m1/s1. The Morgan fingerprint density at radius 3 is 2.62 bits per heavy atom. The van der Waals surface area contributed by atoms with Gasteiger partial charge in [0.2, 0.25) is 0 Å². The zero-order valence-corrected chi connectivity index (χ0v) is 17.0. The molecule has 1 fully saturated rings. The first-order valence-electron chi connectivity index (χ1n) is 9.85. The molecule has 148 valence electrons. The van der Waals surface area contributed by atoms with E-state index in [2.05, 4.69) is 6.07 Å². The lowest BCUT2D eigenvalue weighted by atomic mass is 9.82. The second-order valence-electron chi connectivity index (χ2n) is 7.80. The van der Waals surface area contributed by atoms with Crippen LogP contribution in [0, 0.1) is 5.92 Å². The van der Waals surface area contributed by atoms with Gasteiger partial charge < -0.3 is 14.2 Å². The van der Waals surface area contributed by atoms with Gasteiger partial charge in [-0.1, -0.05) is 6.07 Å². The summed E-state index contributed by atoms with van der Waals surface area (Å²) in [6.07, 6.45) is 1.03. The molecule has 2 bridgehead atoms. The molecule has 0 radical (unpaired) electrons. The van der Waals surface area contributed by atoms with Crippen LogP contribution in [0.5, 0.6) is 5.75 Å².